The predicted octanol–water partition coefficient (Wildman–Crippen LogP) is 4.53. The van der Waals surface area contributed by atoms with Gasteiger partial charge in [0.25, 0.3) is 0 Å². The van der Waals surface area contributed by atoms with E-state index in [-0.39, 0.29) is 5.91 Å². The molecule has 0 saturated carbocycles. The molecule has 0 unspecified atom stereocenters. The Hall–Kier alpha value is -1.82. The number of aryl methyl sites for hydroxylation is 1. The molecule has 0 atom stereocenters. The maximum Gasteiger partial charge on any atom is 0.226 e. The first-order chi connectivity index (χ1) is 10.0. The van der Waals surface area contributed by atoms with E-state index in [1.54, 1.807) is 0 Å². The summed E-state index contributed by atoms with van der Waals surface area (Å²) < 4.78 is 26.2. The van der Waals surface area contributed by atoms with E-state index in [0.29, 0.717) is 22.8 Å². The van der Waals surface area contributed by atoms with Crippen LogP contribution in [0.2, 0.25) is 0 Å². The molecule has 112 valence electrons. The van der Waals surface area contributed by atoms with E-state index in [4.69, 9.17) is 0 Å². The monoisotopic (exact) mass is 310 g/mol. The SMILES string of the molecule is CCCCC(=O)Nc1nc(-c2ccc(F)c(F)c2)c(C)s1. The fourth-order valence-electron chi connectivity index (χ4n) is 1.88. The molecule has 1 heterocycles. The van der Waals surface area contributed by atoms with E-state index in [1.165, 1.54) is 17.4 Å². The van der Waals surface area contributed by atoms with Gasteiger partial charge in [0.15, 0.2) is 16.8 Å². The summed E-state index contributed by atoms with van der Waals surface area (Å²) in [5, 5.41) is 3.21. The van der Waals surface area contributed by atoms with Gasteiger partial charge in [-0.3, -0.25) is 4.79 Å². The lowest BCUT2D eigenvalue weighted by Crippen LogP contribution is -2.10. The molecule has 0 aliphatic rings. The number of halogens is 2. The summed E-state index contributed by atoms with van der Waals surface area (Å²) in [5.41, 5.74) is 1.06. The highest BCUT2D eigenvalue weighted by Crippen LogP contribution is 2.31. The van der Waals surface area contributed by atoms with Crippen molar-refractivity contribution in [2.75, 3.05) is 5.32 Å². The number of hydrogen-bond acceptors (Lipinski definition) is 3. The lowest BCUT2D eigenvalue weighted by Gasteiger charge is -2.00. The van der Waals surface area contributed by atoms with Crippen LogP contribution in [0.4, 0.5) is 13.9 Å². The molecule has 1 amide bonds. The van der Waals surface area contributed by atoms with E-state index in [9.17, 15) is 13.6 Å². The number of nitrogens with one attached hydrogen (secondary N) is 1. The topological polar surface area (TPSA) is 42.0 Å². The van der Waals surface area contributed by atoms with E-state index in [0.717, 1.165) is 29.9 Å². The number of carbonyl (C=O) groups is 1. The zero-order valence-corrected chi connectivity index (χ0v) is 12.7. The lowest BCUT2D eigenvalue weighted by atomic mass is 10.1. The number of anilines is 1. The number of nitrogens with zero attached hydrogens (tertiary/aromatic N) is 1. The molecule has 1 N–H and O–H groups in total. The Balaban J connectivity index is 2.19. The number of benzene rings is 1. The van der Waals surface area contributed by atoms with Crippen LogP contribution in [0.1, 0.15) is 31.1 Å². The van der Waals surface area contributed by atoms with Gasteiger partial charge in [-0.15, -0.1) is 11.3 Å². The van der Waals surface area contributed by atoms with Crippen molar-refractivity contribution in [1.82, 2.24) is 4.98 Å². The third-order valence-corrected chi connectivity index (χ3v) is 3.88. The fraction of sp³-hybridized carbons (Fsp3) is 0.333. The summed E-state index contributed by atoms with van der Waals surface area (Å²) in [4.78, 5) is 16.8. The van der Waals surface area contributed by atoms with Crippen LogP contribution in [-0.2, 0) is 4.79 Å². The van der Waals surface area contributed by atoms with Gasteiger partial charge in [0.2, 0.25) is 5.91 Å². The molecule has 6 heteroatoms. The van der Waals surface area contributed by atoms with Gasteiger partial charge in [0, 0.05) is 16.9 Å². The standard InChI is InChI=1S/C15H16F2N2OS/c1-3-4-5-13(20)18-15-19-14(9(2)21-15)10-6-7-11(16)12(17)8-10/h6-8H,3-5H2,1-2H3,(H,18,19,20). The van der Waals surface area contributed by atoms with Crippen LogP contribution < -0.4 is 5.32 Å². The molecule has 0 bridgehead atoms. The van der Waals surface area contributed by atoms with Gasteiger partial charge in [-0.05, 0) is 31.5 Å². The maximum atomic E-state index is 13.3. The lowest BCUT2D eigenvalue weighted by molar-refractivity contribution is -0.116. The highest BCUT2D eigenvalue weighted by Gasteiger charge is 2.13. The van der Waals surface area contributed by atoms with Crippen LogP contribution in [0.15, 0.2) is 18.2 Å². The Morgan fingerprint density at radius 3 is 2.76 bits per heavy atom. The first-order valence-corrected chi connectivity index (χ1v) is 7.55. The third kappa shape index (κ3) is 3.85. The minimum Gasteiger partial charge on any atom is -0.302 e. The number of hydrogen-bond donors (Lipinski definition) is 1. The number of amides is 1. The second-order valence-corrected chi connectivity index (χ2v) is 5.91. The van der Waals surface area contributed by atoms with Crippen molar-refractivity contribution < 1.29 is 13.6 Å². The van der Waals surface area contributed by atoms with Crippen molar-refractivity contribution in [3.63, 3.8) is 0 Å². The summed E-state index contributed by atoms with van der Waals surface area (Å²) >= 11 is 1.32. The molecule has 1 aromatic carbocycles. The second-order valence-electron chi connectivity index (χ2n) is 4.70. The second kappa shape index (κ2) is 6.76. The molecule has 0 aliphatic heterocycles. The van der Waals surface area contributed by atoms with Gasteiger partial charge < -0.3 is 5.32 Å². The Kier molecular flexibility index (Phi) is 5.01. The predicted molar refractivity (Wildman–Crippen MR) is 80.4 cm³/mol. The van der Waals surface area contributed by atoms with Crippen molar-refractivity contribution in [3.8, 4) is 11.3 Å². The number of rotatable bonds is 5. The van der Waals surface area contributed by atoms with Crippen molar-refractivity contribution >= 4 is 22.4 Å². The Labute approximate surface area is 126 Å². The van der Waals surface area contributed by atoms with Crippen LogP contribution in [0.5, 0.6) is 0 Å². The smallest absolute Gasteiger partial charge is 0.226 e. The molecular weight excluding hydrogens is 294 g/mol. The van der Waals surface area contributed by atoms with Gasteiger partial charge in [-0.2, -0.15) is 0 Å². The molecule has 0 saturated heterocycles. The highest BCUT2D eigenvalue weighted by molar-refractivity contribution is 7.16. The Morgan fingerprint density at radius 2 is 2.10 bits per heavy atom. The van der Waals surface area contributed by atoms with Gasteiger partial charge in [0.05, 0.1) is 5.69 Å². The number of unbranched alkanes of at least 4 members (excludes halogenated alkanes) is 1. The van der Waals surface area contributed by atoms with E-state index < -0.39 is 11.6 Å². The van der Waals surface area contributed by atoms with Crippen LogP contribution in [0, 0.1) is 18.6 Å². The summed E-state index contributed by atoms with van der Waals surface area (Å²) in [6.45, 7) is 3.85. The Morgan fingerprint density at radius 1 is 1.33 bits per heavy atom. The van der Waals surface area contributed by atoms with Crippen LogP contribution in [0.25, 0.3) is 11.3 Å². The minimum atomic E-state index is -0.909. The molecule has 0 aliphatic carbocycles. The summed E-state index contributed by atoms with van der Waals surface area (Å²) in [5.74, 6) is -1.88. The largest absolute Gasteiger partial charge is 0.302 e. The van der Waals surface area contributed by atoms with Gasteiger partial charge in [0.1, 0.15) is 0 Å². The summed E-state index contributed by atoms with van der Waals surface area (Å²) in [6.07, 6.45) is 2.23. The first kappa shape index (κ1) is 15.6. The molecule has 2 rings (SSSR count). The molecule has 0 radical (unpaired) electrons. The zero-order chi connectivity index (χ0) is 15.4. The molecule has 2 aromatic rings. The normalized spacial score (nSPS) is 10.7. The summed E-state index contributed by atoms with van der Waals surface area (Å²) in [6, 6.07) is 3.66. The van der Waals surface area contributed by atoms with Crippen molar-refractivity contribution in [2.24, 2.45) is 0 Å². The van der Waals surface area contributed by atoms with Gasteiger partial charge >= 0.3 is 0 Å². The quantitative estimate of drug-likeness (QED) is 0.882. The minimum absolute atomic E-state index is 0.0811. The fourth-order valence-corrected chi connectivity index (χ4v) is 2.73. The number of thiazole rings is 1. The maximum absolute atomic E-state index is 13.3. The molecule has 3 nitrogen and oxygen atoms in total. The van der Waals surface area contributed by atoms with Crippen LogP contribution in [0.3, 0.4) is 0 Å². The highest BCUT2D eigenvalue weighted by atomic mass is 32.1. The van der Waals surface area contributed by atoms with Crippen molar-refractivity contribution in [3.05, 3.63) is 34.7 Å². The molecule has 0 fully saturated rings. The molecule has 21 heavy (non-hydrogen) atoms. The Bertz CT molecular complexity index is 655. The average molecular weight is 310 g/mol. The third-order valence-electron chi connectivity index (χ3n) is 2.99. The number of carbonyl (C=O) groups excluding carboxylic acids is 1. The van der Waals surface area contributed by atoms with Crippen LogP contribution in [-0.4, -0.2) is 10.9 Å². The van der Waals surface area contributed by atoms with E-state index in [2.05, 4.69) is 10.3 Å². The van der Waals surface area contributed by atoms with E-state index >= 15 is 0 Å². The zero-order valence-electron chi connectivity index (χ0n) is 11.9. The van der Waals surface area contributed by atoms with Gasteiger partial charge in [-0.25, -0.2) is 13.8 Å². The van der Waals surface area contributed by atoms with E-state index in [1.807, 2.05) is 13.8 Å². The number of aromatic nitrogens is 1. The molecule has 0 spiro atoms. The van der Waals surface area contributed by atoms with Gasteiger partial charge in [-0.1, -0.05) is 13.3 Å². The first-order valence-electron chi connectivity index (χ1n) is 6.74. The average Bonchev–Trinajstić information content (AvgIpc) is 2.80. The molecule has 1 aromatic heterocycles. The van der Waals surface area contributed by atoms with Crippen molar-refractivity contribution in [2.45, 2.75) is 33.1 Å². The molecular formula is C15H16F2N2OS. The summed E-state index contributed by atoms with van der Waals surface area (Å²) in [7, 11) is 0. The van der Waals surface area contributed by atoms with Crippen molar-refractivity contribution in [1.29, 1.82) is 0 Å². The van der Waals surface area contributed by atoms with Crippen LogP contribution >= 0.6 is 11.3 Å².